The molecule has 1 atom stereocenters. The summed E-state index contributed by atoms with van der Waals surface area (Å²) in [6.07, 6.45) is 3.59. The van der Waals surface area contributed by atoms with Crippen LogP contribution in [0.2, 0.25) is 0 Å². The van der Waals surface area contributed by atoms with Crippen LogP contribution in [-0.4, -0.2) is 30.0 Å². The molecule has 1 aliphatic rings. The zero-order chi connectivity index (χ0) is 16.1. The molecular formula is C18H23N3OS. The van der Waals surface area contributed by atoms with Crippen molar-refractivity contribution in [1.82, 2.24) is 15.6 Å². The average Bonchev–Trinajstić information content (AvgIpc) is 3.04. The Bertz CT molecular complexity index is 645. The van der Waals surface area contributed by atoms with E-state index in [2.05, 4.69) is 46.8 Å². The van der Waals surface area contributed by atoms with Gasteiger partial charge in [-0.05, 0) is 31.4 Å². The Kier molecular flexibility index (Phi) is 5.41. The molecule has 23 heavy (non-hydrogen) atoms. The standard InChI is InChI=1S/C18H23N3OS/c1-2-13-5-7-14(8-6-13)18-21-16(12-23-18)10-17(22)20-15-4-3-9-19-11-15/h5-8,12,15,19H,2-4,9-11H2,1H3,(H,20,22). The summed E-state index contributed by atoms with van der Waals surface area (Å²) in [5, 5.41) is 9.37. The van der Waals surface area contributed by atoms with Crippen LogP contribution in [0.4, 0.5) is 0 Å². The number of piperidine rings is 1. The third-order valence-electron chi connectivity index (χ3n) is 4.16. The third-order valence-corrected chi connectivity index (χ3v) is 5.10. The van der Waals surface area contributed by atoms with E-state index in [0.717, 1.165) is 48.6 Å². The van der Waals surface area contributed by atoms with E-state index in [0.29, 0.717) is 6.42 Å². The van der Waals surface area contributed by atoms with Crippen LogP contribution >= 0.6 is 11.3 Å². The van der Waals surface area contributed by atoms with Gasteiger partial charge in [-0.1, -0.05) is 31.2 Å². The van der Waals surface area contributed by atoms with E-state index >= 15 is 0 Å². The van der Waals surface area contributed by atoms with Crippen LogP contribution < -0.4 is 10.6 Å². The van der Waals surface area contributed by atoms with Crippen molar-refractivity contribution in [2.75, 3.05) is 13.1 Å². The Labute approximate surface area is 141 Å². The number of thiazole rings is 1. The number of carbonyl (C=O) groups excluding carboxylic acids is 1. The fraction of sp³-hybridized carbons (Fsp3) is 0.444. The minimum Gasteiger partial charge on any atom is -0.352 e. The molecule has 1 aromatic carbocycles. The first-order valence-electron chi connectivity index (χ1n) is 8.28. The summed E-state index contributed by atoms with van der Waals surface area (Å²) in [5.74, 6) is 0.0666. The number of hydrogen-bond acceptors (Lipinski definition) is 4. The topological polar surface area (TPSA) is 54.0 Å². The zero-order valence-corrected chi connectivity index (χ0v) is 14.3. The van der Waals surface area contributed by atoms with Gasteiger partial charge in [0.2, 0.25) is 5.91 Å². The first-order chi connectivity index (χ1) is 11.2. The molecule has 2 aromatic rings. The molecular weight excluding hydrogens is 306 g/mol. The van der Waals surface area contributed by atoms with Crippen molar-refractivity contribution < 1.29 is 4.79 Å². The quantitative estimate of drug-likeness (QED) is 0.887. The minimum atomic E-state index is 0.0666. The van der Waals surface area contributed by atoms with Crippen LogP contribution in [0, 0.1) is 0 Å². The molecule has 0 bridgehead atoms. The molecule has 1 unspecified atom stereocenters. The SMILES string of the molecule is CCc1ccc(-c2nc(CC(=O)NC3CCCNC3)cs2)cc1. The van der Waals surface area contributed by atoms with Crippen molar-refractivity contribution in [2.24, 2.45) is 0 Å². The molecule has 1 aliphatic heterocycles. The molecule has 0 saturated carbocycles. The van der Waals surface area contributed by atoms with Gasteiger partial charge >= 0.3 is 0 Å². The molecule has 1 amide bonds. The van der Waals surface area contributed by atoms with Crippen molar-refractivity contribution in [2.45, 2.75) is 38.6 Å². The van der Waals surface area contributed by atoms with Gasteiger partial charge in [0, 0.05) is 23.5 Å². The van der Waals surface area contributed by atoms with Gasteiger partial charge in [-0.2, -0.15) is 0 Å². The minimum absolute atomic E-state index is 0.0666. The molecule has 1 aromatic heterocycles. The zero-order valence-electron chi connectivity index (χ0n) is 13.5. The fourth-order valence-electron chi connectivity index (χ4n) is 2.82. The number of nitrogens with zero attached hydrogens (tertiary/aromatic N) is 1. The number of nitrogens with one attached hydrogen (secondary N) is 2. The van der Waals surface area contributed by atoms with E-state index in [9.17, 15) is 4.79 Å². The first kappa shape index (κ1) is 16.1. The summed E-state index contributed by atoms with van der Waals surface area (Å²) in [4.78, 5) is 16.7. The second kappa shape index (κ2) is 7.70. The predicted molar refractivity (Wildman–Crippen MR) is 94.7 cm³/mol. The summed E-state index contributed by atoms with van der Waals surface area (Å²) in [6.45, 7) is 4.08. The summed E-state index contributed by atoms with van der Waals surface area (Å²) in [7, 11) is 0. The largest absolute Gasteiger partial charge is 0.352 e. The van der Waals surface area contributed by atoms with Crippen molar-refractivity contribution in [1.29, 1.82) is 0 Å². The molecule has 0 radical (unpaired) electrons. The summed E-state index contributed by atoms with van der Waals surface area (Å²) < 4.78 is 0. The second-order valence-electron chi connectivity index (χ2n) is 5.98. The lowest BCUT2D eigenvalue weighted by Crippen LogP contribution is -2.46. The highest BCUT2D eigenvalue weighted by Crippen LogP contribution is 2.24. The first-order valence-corrected chi connectivity index (χ1v) is 9.16. The van der Waals surface area contributed by atoms with Gasteiger partial charge < -0.3 is 10.6 Å². The molecule has 122 valence electrons. The number of aromatic nitrogens is 1. The van der Waals surface area contributed by atoms with Crippen LogP contribution in [0.15, 0.2) is 29.6 Å². The number of amides is 1. The number of aryl methyl sites for hydroxylation is 1. The van der Waals surface area contributed by atoms with E-state index in [1.807, 2.05) is 5.38 Å². The maximum absolute atomic E-state index is 12.1. The van der Waals surface area contributed by atoms with E-state index in [1.165, 1.54) is 5.56 Å². The van der Waals surface area contributed by atoms with Gasteiger partial charge in [-0.25, -0.2) is 4.98 Å². The van der Waals surface area contributed by atoms with E-state index in [4.69, 9.17) is 0 Å². The predicted octanol–water partition coefficient (Wildman–Crippen LogP) is 2.78. The highest BCUT2D eigenvalue weighted by atomic mass is 32.1. The van der Waals surface area contributed by atoms with Crippen LogP contribution in [-0.2, 0) is 17.6 Å². The smallest absolute Gasteiger partial charge is 0.226 e. The van der Waals surface area contributed by atoms with Gasteiger partial charge in [0.05, 0.1) is 12.1 Å². The van der Waals surface area contributed by atoms with E-state index < -0.39 is 0 Å². The lowest BCUT2D eigenvalue weighted by molar-refractivity contribution is -0.121. The molecule has 2 heterocycles. The van der Waals surface area contributed by atoms with Gasteiger partial charge in [0.25, 0.3) is 0 Å². The molecule has 3 rings (SSSR count). The maximum atomic E-state index is 12.1. The number of benzene rings is 1. The van der Waals surface area contributed by atoms with Crippen molar-refractivity contribution in [3.8, 4) is 10.6 Å². The fourth-order valence-corrected chi connectivity index (χ4v) is 3.65. The molecule has 0 aliphatic carbocycles. The lowest BCUT2D eigenvalue weighted by atomic mass is 10.1. The summed E-state index contributed by atoms with van der Waals surface area (Å²) in [6, 6.07) is 8.75. The summed E-state index contributed by atoms with van der Waals surface area (Å²) in [5.41, 5.74) is 3.30. The second-order valence-corrected chi connectivity index (χ2v) is 6.84. The van der Waals surface area contributed by atoms with Crippen LogP contribution in [0.3, 0.4) is 0 Å². The Morgan fingerprint density at radius 1 is 1.39 bits per heavy atom. The highest BCUT2D eigenvalue weighted by molar-refractivity contribution is 7.13. The molecule has 5 heteroatoms. The van der Waals surface area contributed by atoms with Gasteiger partial charge in [-0.15, -0.1) is 11.3 Å². The Hall–Kier alpha value is -1.72. The van der Waals surface area contributed by atoms with Crippen LogP contribution in [0.5, 0.6) is 0 Å². The summed E-state index contributed by atoms with van der Waals surface area (Å²) >= 11 is 1.60. The van der Waals surface area contributed by atoms with Crippen LogP contribution in [0.1, 0.15) is 31.0 Å². The molecule has 0 spiro atoms. The maximum Gasteiger partial charge on any atom is 0.226 e. The Morgan fingerprint density at radius 3 is 2.91 bits per heavy atom. The van der Waals surface area contributed by atoms with Gasteiger partial charge in [0.15, 0.2) is 0 Å². The van der Waals surface area contributed by atoms with Crippen molar-refractivity contribution in [3.63, 3.8) is 0 Å². The average molecular weight is 329 g/mol. The Balaban J connectivity index is 1.58. The van der Waals surface area contributed by atoms with Crippen LogP contribution in [0.25, 0.3) is 10.6 Å². The number of rotatable bonds is 5. The Morgan fingerprint density at radius 2 is 2.22 bits per heavy atom. The van der Waals surface area contributed by atoms with Gasteiger partial charge in [0.1, 0.15) is 5.01 Å². The molecule has 4 nitrogen and oxygen atoms in total. The van der Waals surface area contributed by atoms with E-state index in [1.54, 1.807) is 11.3 Å². The third kappa shape index (κ3) is 4.39. The van der Waals surface area contributed by atoms with Crippen molar-refractivity contribution >= 4 is 17.2 Å². The normalized spacial score (nSPS) is 17.9. The van der Waals surface area contributed by atoms with Gasteiger partial charge in [-0.3, -0.25) is 4.79 Å². The molecule has 1 fully saturated rings. The van der Waals surface area contributed by atoms with Crippen molar-refractivity contribution in [3.05, 3.63) is 40.9 Å². The number of carbonyl (C=O) groups is 1. The highest BCUT2D eigenvalue weighted by Gasteiger charge is 2.16. The monoisotopic (exact) mass is 329 g/mol. The lowest BCUT2D eigenvalue weighted by Gasteiger charge is -2.23. The number of hydrogen-bond donors (Lipinski definition) is 2. The van der Waals surface area contributed by atoms with E-state index in [-0.39, 0.29) is 11.9 Å². The molecule has 1 saturated heterocycles. The molecule has 2 N–H and O–H groups in total.